The minimum absolute atomic E-state index is 0.0288. The van der Waals surface area contributed by atoms with Crippen LogP contribution in [-0.2, 0) is 16.0 Å². The van der Waals surface area contributed by atoms with Crippen LogP contribution in [0.1, 0.15) is 65.4 Å². The quantitative estimate of drug-likeness (QED) is 0.391. The van der Waals surface area contributed by atoms with Gasteiger partial charge in [-0.3, -0.25) is 0 Å². The number of furan rings is 1. The zero-order valence-electron chi connectivity index (χ0n) is 18.4. The number of allylic oxidation sites excluding steroid dienone is 2. The zero-order chi connectivity index (χ0) is 21.2. The van der Waals surface area contributed by atoms with Crippen molar-refractivity contribution in [3.8, 4) is 0 Å². The van der Waals surface area contributed by atoms with E-state index in [9.17, 15) is 9.90 Å². The van der Waals surface area contributed by atoms with Crippen molar-refractivity contribution >= 4 is 5.97 Å². The Hall–Kier alpha value is -1.81. The Labute approximate surface area is 175 Å². The molecule has 2 aliphatic rings. The lowest BCUT2D eigenvalue weighted by atomic mass is 9.46. The number of carbonyl (C=O) groups is 1. The molecule has 1 heterocycles. The number of carbonyl (C=O) groups excluding carboxylic acids is 1. The van der Waals surface area contributed by atoms with Crippen molar-refractivity contribution in [1.82, 2.24) is 0 Å². The lowest BCUT2D eigenvalue weighted by molar-refractivity contribution is -0.184. The predicted molar refractivity (Wildman–Crippen MR) is 114 cm³/mol. The van der Waals surface area contributed by atoms with E-state index in [-0.39, 0.29) is 30.0 Å². The van der Waals surface area contributed by atoms with Gasteiger partial charge in [-0.15, -0.1) is 0 Å². The summed E-state index contributed by atoms with van der Waals surface area (Å²) < 4.78 is 11.2. The lowest BCUT2D eigenvalue weighted by Crippen LogP contribution is -2.58. The molecule has 0 saturated heterocycles. The zero-order valence-corrected chi connectivity index (χ0v) is 18.4. The van der Waals surface area contributed by atoms with Crippen molar-refractivity contribution in [2.75, 3.05) is 6.61 Å². The number of aliphatic hydroxyl groups excluding tert-OH is 1. The summed E-state index contributed by atoms with van der Waals surface area (Å²) in [5.74, 6) is 0.422. The van der Waals surface area contributed by atoms with Crippen molar-refractivity contribution in [3.05, 3.63) is 48.0 Å². The summed E-state index contributed by atoms with van der Waals surface area (Å²) in [7, 11) is 0. The van der Waals surface area contributed by atoms with E-state index in [1.807, 2.05) is 19.3 Å². The summed E-state index contributed by atoms with van der Waals surface area (Å²) in [6.45, 7) is 12.6. The van der Waals surface area contributed by atoms with E-state index in [1.54, 1.807) is 19.3 Å². The van der Waals surface area contributed by atoms with Crippen LogP contribution in [0, 0.1) is 22.7 Å². The Bertz CT molecular complexity index is 762. The van der Waals surface area contributed by atoms with Gasteiger partial charge in [0, 0.05) is 11.0 Å². The van der Waals surface area contributed by atoms with Crippen LogP contribution in [0.3, 0.4) is 0 Å². The summed E-state index contributed by atoms with van der Waals surface area (Å²) in [6, 6.07) is 2.03. The number of aryl methyl sites for hydroxylation is 1. The normalized spacial score (nSPS) is 35.3. The molecule has 4 heteroatoms. The topological polar surface area (TPSA) is 59.7 Å². The van der Waals surface area contributed by atoms with E-state index < -0.39 is 5.41 Å². The molecule has 0 unspecified atom stereocenters. The second kappa shape index (κ2) is 8.51. The van der Waals surface area contributed by atoms with Gasteiger partial charge in [0.25, 0.3) is 0 Å². The maximum atomic E-state index is 12.4. The first kappa shape index (κ1) is 21.9. The molecule has 2 saturated carbocycles. The van der Waals surface area contributed by atoms with Crippen LogP contribution in [0.25, 0.3) is 0 Å². The summed E-state index contributed by atoms with van der Waals surface area (Å²) in [5.41, 5.74) is 2.78. The van der Waals surface area contributed by atoms with Crippen molar-refractivity contribution in [3.63, 3.8) is 0 Å². The molecular weight excluding hydrogens is 364 g/mol. The molecule has 29 heavy (non-hydrogen) atoms. The monoisotopic (exact) mass is 400 g/mol. The Morgan fingerprint density at radius 2 is 2.17 bits per heavy atom. The summed E-state index contributed by atoms with van der Waals surface area (Å²) in [5, 5.41) is 10.5. The summed E-state index contributed by atoms with van der Waals surface area (Å²) >= 11 is 0. The third-order valence-electron chi connectivity index (χ3n) is 7.96. The number of hydrogen-bond donors (Lipinski definition) is 1. The molecule has 0 amide bonds. The SMILES string of the molecule is C=C1CC[C@H]2[C@@](C)(CC[C@@H](OC(=O)/C(C)=C\C)[C@]2(C)CO)[C@@H]1CCc1ccoc1. The predicted octanol–water partition coefficient (Wildman–Crippen LogP) is 5.47. The minimum Gasteiger partial charge on any atom is -0.472 e. The molecule has 0 aliphatic heterocycles. The van der Waals surface area contributed by atoms with E-state index in [0.29, 0.717) is 11.5 Å². The fourth-order valence-electron chi connectivity index (χ4n) is 6.00. The van der Waals surface area contributed by atoms with Crippen molar-refractivity contribution in [2.45, 2.75) is 72.3 Å². The number of hydrogen-bond acceptors (Lipinski definition) is 4. The van der Waals surface area contributed by atoms with Crippen LogP contribution in [-0.4, -0.2) is 23.8 Å². The molecule has 0 bridgehead atoms. The first-order chi connectivity index (χ1) is 13.8. The molecule has 3 rings (SSSR count). The van der Waals surface area contributed by atoms with Gasteiger partial charge in [-0.25, -0.2) is 4.79 Å². The smallest absolute Gasteiger partial charge is 0.333 e. The van der Waals surface area contributed by atoms with Gasteiger partial charge in [0.2, 0.25) is 0 Å². The third kappa shape index (κ3) is 3.96. The molecule has 1 aromatic heterocycles. The maximum absolute atomic E-state index is 12.4. The molecule has 160 valence electrons. The molecule has 4 nitrogen and oxygen atoms in total. The fraction of sp³-hybridized carbons (Fsp3) is 0.640. The van der Waals surface area contributed by atoms with E-state index in [1.165, 1.54) is 11.1 Å². The highest BCUT2D eigenvalue weighted by molar-refractivity contribution is 5.87. The van der Waals surface area contributed by atoms with E-state index in [2.05, 4.69) is 20.4 Å². The van der Waals surface area contributed by atoms with Crippen LogP contribution >= 0.6 is 0 Å². The average Bonchev–Trinajstić information content (AvgIpc) is 3.22. The van der Waals surface area contributed by atoms with Crippen molar-refractivity contribution in [2.24, 2.45) is 22.7 Å². The second-order valence-corrected chi connectivity index (χ2v) is 9.55. The highest BCUT2D eigenvalue weighted by Crippen LogP contribution is 2.62. The molecule has 1 aromatic rings. The van der Waals surface area contributed by atoms with Crippen LogP contribution < -0.4 is 0 Å². The van der Waals surface area contributed by atoms with Crippen molar-refractivity contribution in [1.29, 1.82) is 0 Å². The molecule has 5 atom stereocenters. The van der Waals surface area contributed by atoms with Crippen LogP contribution in [0.4, 0.5) is 0 Å². The van der Waals surface area contributed by atoms with E-state index in [0.717, 1.165) is 38.5 Å². The van der Waals surface area contributed by atoms with Crippen LogP contribution in [0.15, 0.2) is 46.8 Å². The van der Waals surface area contributed by atoms with Gasteiger partial charge in [0.1, 0.15) is 6.10 Å². The fourth-order valence-corrected chi connectivity index (χ4v) is 6.00. The standard InChI is InChI=1S/C25H36O4/c1-6-17(2)23(27)29-22-11-13-24(4)20(9-8-19-12-14-28-15-19)18(3)7-10-21(24)25(22,5)16-26/h6,12,14-15,20-22,26H,3,7-11,13,16H2,1-2,4-5H3/b17-6-/t20-,21+,22-,24+,25-/m1/s1. The minimum atomic E-state index is -0.439. The van der Waals surface area contributed by atoms with Gasteiger partial charge in [0.15, 0.2) is 0 Å². The first-order valence-corrected chi connectivity index (χ1v) is 10.9. The Morgan fingerprint density at radius 1 is 1.41 bits per heavy atom. The van der Waals surface area contributed by atoms with E-state index >= 15 is 0 Å². The van der Waals surface area contributed by atoms with Crippen LogP contribution in [0.2, 0.25) is 0 Å². The second-order valence-electron chi connectivity index (χ2n) is 9.55. The number of aliphatic hydroxyl groups is 1. The van der Waals surface area contributed by atoms with Gasteiger partial charge in [0.05, 0.1) is 19.1 Å². The van der Waals surface area contributed by atoms with Gasteiger partial charge in [-0.2, -0.15) is 0 Å². The van der Waals surface area contributed by atoms with Crippen LogP contribution in [0.5, 0.6) is 0 Å². The molecule has 2 fully saturated rings. The molecule has 0 spiro atoms. The van der Waals surface area contributed by atoms with Crippen molar-refractivity contribution < 1.29 is 19.1 Å². The molecule has 1 N–H and O–H groups in total. The maximum Gasteiger partial charge on any atom is 0.333 e. The summed E-state index contributed by atoms with van der Waals surface area (Å²) in [6.07, 6.45) is 10.8. The summed E-state index contributed by atoms with van der Waals surface area (Å²) in [4.78, 5) is 12.4. The average molecular weight is 401 g/mol. The highest BCUT2D eigenvalue weighted by Gasteiger charge is 2.58. The number of rotatable bonds is 6. The Kier molecular flexibility index (Phi) is 6.42. The van der Waals surface area contributed by atoms with E-state index in [4.69, 9.17) is 9.15 Å². The van der Waals surface area contributed by atoms with Gasteiger partial charge < -0.3 is 14.3 Å². The Morgan fingerprint density at radius 3 is 2.79 bits per heavy atom. The molecule has 0 aromatic carbocycles. The van der Waals surface area contributed by atoms with Gasteiger partial charge in [-0.05, 0) is 81.3 Å². The van der Waals surface area contributed by atoms with Gasteiger partial charge in [-0.1, -0.05) is 32.1 Å². The third-order valence-corrected chi connectivity index (χ3v) is 7.96. The number of esters is 1. The number of fused-ring (bicyclic) bond motifs is 1. The largest absolute Gasteiger partial charge is 0.472 e. The van der Waals surface area contributed by atoms with Gasteiger partial charge >= 0.3 is 5.97 Å². The Balaban J connectivity index is 1.84. The first-order valence-electron chi connectivity index (χ1n) is 10.9. The lowest BCUT2D eigenvalue weighted by Gasteiger charge is -2.60. The molecular formula is C25H36O4. The molecule has 0 radical (unpaired) electrons. The highest BCUT2D eigenvalue weighted by atomic mass is 16.5. The molecule has 2 aliphatic carbocycles. The number of ether oxygens (including phenoxy) is 1.